The quantitative estimate of drug-likeness (QED) is 0.551. The zero-order valence-corrected chi connectivity index (χ0v) is 9.40. The van der Waals surface area contributed by atoms with Crippen molar-refractivity contribution in [3.05, 3.63) is 22.1 Å². The molecule has 0 aliphatic rings. The largest absolute Gasteiger partial charge is 0.394 e. The van der Waals surface area contributed by atoms with Gasteiger partial charge in [0, 0.05) is 18.3 Å². The molecule has 1 atom stereocenters. The van der Waals surface area contributed by atoms with Gasteiger partial charge in [0.25, 0.3) is 5.56 Å². The molecule has 0 saturated carbocycles. The molecule has 6 nitrogen and oxygen atoms in total. The van der Waals surface area contributed by atoms with Crippen LogP contribution in [-0.2, 0) is 0 Å². The van der Waals surface area contributed by atoms with E-state index in [-0.39, 0.29) is 24.6 Å². The summed E-state index contributed by atoms with van der Waals surface area (Å²) in [4.78, 5) is 18.1. The van der Waals surface area contributed by atoms with Crippen molar-refractivity contribution < 1.29 is 10.2 Å². The highest BCUT2D eigenvalue weighted by Gasteiger charge is 2.07. The number of nitrogens with zero attached hydrogens (tertiary/aromatic N) is 1. The summed E-state index contributed by atoms with van der Waals surface area (Å²) in [5.41, 5.74) is 0.430. The Labute approximate surface area is 93.4 Å². The van der Waals surface area contributed by atoms with Crippen molar-refractivity contribution >= 4 is 5.95 Å². The van der Waals surface area contributed by atoms with Crippen LogP contribution in [0.3, 0.4) is 0 Å². The summed E-state index contributed by atoms with van der Waals surface area (Å²) in [6.45, 7) is 3.63. The monoisotopic (exact) mass is 227 g/mol. The van der Waals surface area contributed by atoms with Crippen LogP contribution in [0, 0.1) is 0 Å². The summed E-state index contributed by atoms with van der Waals surface area (Å²) in [6, 6.07) is 0. The van der Waals surface area contributed by atoms with Gasteiger partial charge >= 0.3 is 0 Å². The predicted molar refractivity (Wildman–Crippen MR) is 60.5 cm³/mol. The van der Waals surface area contributed by atoms with Crippen LogP contribution in [-0.4, -0.2) is 39.4 Å². The highest BCUT2D eigenvalue weighted by atomic mass is 16.3. The molecule has 16 heavy (non-hydrogen) atoms. The summed E-state index contributed by atoms with van der Waals surface area (Å²) in [5.74, 6) is 0.412. The van der Waals surface area contributed by atoms with E-state index in [0.29, 0.717) is 11.5 Å². The molecule has 0 bridgehead atoms. The van der Waals surface area contributed by atoms with Crippen molar-refractivity contribution in [1.29, 1.82) is 0 Å². The van der Waals surface area contributed by atoms with Gasteiger partial charge in [-0.1, -0.05) is 13.8 Å². The zero-order valence-electron chi connectivity index (χ0n) is 9.40. The van der Waals surface area contributed by atoms with Crippen molar-refractivity contribution in [1.82, 2.24) is 9.97 Å². The van der Waals surface area contributed by atoms with E-state index >= 15 is 0 Å². The molecule has 0 aromatic carbocycles. The molecule has 0 radical (unpaired) electrons. The average Bonchev–Trinajstić information content (AvgIpc) is 2.25. The highest BCUT2D eigenvalue weighted by molar-refractivity contribution is 5.25. The third kappa shape index (κ3) is 3.32. The smallest absolute Gasteiger partial charge is 0.255 e. The number of rotatable bonds is 5. The van der Waals surface area contributed by atoms with Gasteiger partial charge < -0.3 is 15.5 Å². The topological polar surface area (TPSA) is 98.2 Å². The standard InChI is InChI=1S/C10H17N3O3/c1-6(2)8-4-12-10(13-9(8)16)11-3-7(15)5-14/h4,6-7,14-15H,3,5H2,1-2H3,(H2,11,12,13,16). The van der Waals surface area contributed by atoms with Gasteiger partial charge in [-0.25, -0.2) is 4.98 Å². The first kappa shape index (κ1) is 12.7. The Kier molecular flexibility index (Phi) is 4.45. The maximum absolute atomic E-state index is 11.5. The molecule has 0 aliphatic carbocycles. The van der Waals surface area contributed by atoms with E-state index in [1.165, 1.54) is 6.20 Å². The molecular formula is C10H17N3O3. The average molecular weight is 227 g/mol. The Morgan fingerprint density at radius 3 is 2.75 bits per heavy atom. The molecule has 1 unspecified atom stereocenters. The van der Waals surface area contributed by atoms with Gasteiger partial charge in [0.2, 0.25) is 5.95 Å². The van der Waals surface area contributed by atoms with E-state index in [9.17, 15) is 4.79 Å². The lowest BCUT2D eigenvalue weighted by atomic mass is 10.1. The second-order valence-electron chi connectivity index (χ2n) is 3.89. The molecule has 0 amide bonds. The molecule has 0 fully saturated rings. The lowest BCUT2D eigenvalue weighted by Gasteiger charge is -2.10. The van der Waals surface area contributed by atoms with E-state index < -0.39 is 6.10 Å². The van der Waals surface area contributed by atoms with Crippen LogP contribution in [0.25, 0.3) is 0 Å². The summed E-state index contributed by atoms with van der Waals surface area (Å²) in [7, 11) is 0. The Morgan fingerprint density at radius 2 is 2.25 bits per heavy atom. The van der Waals surface area contributed by atoms with Crippen LogP contribution >= 0.6 is 0 Å². The Bertz CT molecular complexity index is 389. The minimum atomic E-state index is -0.866. The maximum atomic E-state index is 11.5. The number of aliphatic hydroxyl groups is 2. The third-order valence-corrected chi connectivity index (χ3v) is 2.16. The minimum absolute atomic E-state index is 0.119. The van der Waals surface area contributed by atoms with E-state index in [1.807, 2.05) is 13.8 Å². The van der Waals surface area contributed by atoms with E-state index in [2.05, 4.69) is 15.3 Å². The van der Waals surface area contributed by atoms with E-state index in [0.717, 1.165) is 0 Å². The van der Waals surface area contributed by atoms with E-state index in [1.54, 1.807) is 0 Å². The number of H-pyrrole nitrogens is 1. The van der Waals surface area contributed by atoms with Gasteiger partial charge in [0.1, 0.15) is 0 Å². The molecule has 0 aliphatic heterocycles. The van der Waals surface area contributed by atoms with Crippen LogP contribution in [0.15, 0.2) is 11.0 Å². The summed E-state index contributed by atoms with van der Waals surface area (Å²) < 4.78 is 0. The number of nitrogens with one attached hydrogen (secondary N) is 2. The van der Waals surface area contributed by atoms with Gasteiger partial charge in [-0.15, -0.1) is 0 Å². The summed E-state index contributed by atoms with van der Waals surface area (Å²) >= 11 is 0. The van der Waals surface area contributed by atoms with Crippen molar-refractivity contribution in [2.75, 3.05) is 18.5 Å². The number of aromatic amines is 1. The van der Waals surface area contributed by atoms with Crippen molar-refractivity contribution in [2.24, 2.45) is 0 Å². The normalized spacial score (nSPS) is 12.8. The Morgan fingerprint density at radius 1 is 1.56 bits per heavy atom. The molecular weight excluding hydrogens is 210 g/mol. The second-order valence-corrected chi connectivity index (χ2v) is 3.89. The van der Waals surface area contributed by atoms with Crippen molar-refractivity contribution in [3.63, 3.8) is 0 Å². The Balaban J connectivity index is 2.70. The minimum Gasteiger partial charge on any atom is -0.394 e. The molecule has 1 rings (SSSR count). The lowest BCUT2D eigenvalue weighted by Crippen LogP contribution is -2.25. The molecule has 0 spiro atoms. The second kappa shape index (κ2) is 5.62. The fraction of sp³-hybridized carbons (Fsp3) is 0.600. The van der Waals surface area contributed by atoms with Crippen LogP contribution in [0.5, 0.6) is 0 Å². The number of hydrogen-bond acceptors (Lipinski definition) is 5. The van der Waals surface area contributed by atoms with Gasteiger partial charge in [0.15, 0.2) is 0 Å². The third-order valence-electron chi connectivity index (χ3n) is 2.16. The molecule has 0 saturated heterocycles. The molecule has 1 heterocycles. The fourth-order valence-corrected chi connectivity index (χ4v) is 1.18. The zero-order chi connectivity index (χ0) is 12.1. The molecule has 6 heteroatoms. The highest BCUT2D eigenvalue weighted by Crippen LogP contribution is 2.07. The van der Waals surface area contributed by atoms with Gasteiger partial charge in [-0.05, 0) is 5.92 Å². The first-order valence-electron chi connectivity index (χ1n) is 5.16. The van der Waals surface area contributed by atoms with Crippen LogP contribution in [0.2, 0.25) is 0 Å². The number of aromatic nitrogens is 2. The Hall–Kier alpha value is -1.40. The first-order chi connectivity index (χ1) is 7.54. The lowest BCUT2D eigenvalue weighted by molar-refractivity contribution is 0.105. The predicted octanol–water partition coefficient (Wildman–Crippen LogP) is -0.342. The number of anilines is 1. The van der Waals surface area contributed by atoms with Crippen molar-refractivity contribution in [3.8, 4) is 0 Å². The first-order valence-corrected chi connectivity index (χ1v) is 5.16. The van der Waals surface area contributed by atoms with Crippen molar-refractivity contribution in [2.45, 2.75) is 25.9 Å². The van der Waals surface area contributed by atoms with Crippen LogP contribution < -0.4 is 10.9 Å². The van der Waals surface area contributed by atoms with Crippen LogP contribution in [0.4, 0.5) is 5.95 Å². The van der Waals surface area contributed by atoms with Gasteiger partial charge in [0.05, 0.1) is 12.7 Å². The van der Waals surface area contributed by atoms with E-state index in [4.69, 9.17) is 10.2 Å². The van der Waals surface area contributed by atoms with Gasteiger partial charge in [-0.2, -0.15) is 0 Å². The SMILES string of the molecule is CC(C)c1cnc(NCC(O)CO)[nH]c1=O. The molecule has 1 aromatic heterocycles. The summed E-state index contributed by atoms with van der Waals surface area (Å²) in [5, 5.41) is 20.4. The molecule has 1 aromatic rings. The fourth-order valence-electron chi connectivity index (χ4n) is 1.18. The number of hydrogen-bond donors (Lipinski definition) is 4. The molecule has 4 N–H and O–H groups in total. The molecule has 90 valence electrons. The maximum Gasteiger partial charge on any atom is 0.255 e. The number of aliphatic hydroxyl groups excluding tert-OH is 2. The van der Waals surface area contributed by atoms with Gasteiger partial charge in [-0.3, -0.25) is 9.78 Å². The summed E-state index contributed by atoms with van der Waals surface area (Å²) in [6.07, 6.45) is 0.645. The van der Waals surface area contributed by atoms with Crippen LogP contribution in [0.1, 0.15) is 25.3 Å².